The molecule has 3 amide bonds. The van der Waals surface area contributed by atoms with E-state index in [2.05, 4.69) is 15.6 Å². The summed E-state index contributed by atoms with van der Waals surface area (Å²) in [5, 5.41) is 5.34. The molecule has 0 aliphatic rings. The highest BCUT2D eigenvalue weighted by atomic mass is 32.2. The predicted molar refractivity (Wildman–Crippen MR) is 112 cm³/mol. The van der Waals surface area contributed by atoms with E-state index in [0.717, 1.165) is 17.3 Å². The number of pyridine rings is 1. The van der Waals surface area contributed by atoms with Crippen LogP contribution in [0.1, 0.15) is 19.4 Å². The third kappa shape index (κ3) is 6.84. The molecule has 0 atom stereocenters. The Kier molecular flexibility index (Phi) is 8.62. The number of nitrogens with zero attached hydrogens (tertiary/aromatic N) is 2. The summed E-state index contributed by atoms with van der Waals surface area (Å²) in [5.41, 5.74) is 0.924. The molecule has 0 bridgehead atoms. The Morgan fingerprint density at radius 1 is 1.07 bits per heavy atom. The maximum absolute atomic E-state index is 12.4. The highest BCUT2D eigenvalue weighted by Crippen LogP contribution is 2.19. The number of thioether (sulfide) groups is 1. The molecule has 0 aliphatic carbocycles. The fourth-order valence-corrected chi connectivity index (χ4v) is 4.49. The first-order valence-corrected chi connectivity index (χ1v) is 11.5. The van der Waals surface area contributed by atoms with E-state index in [4.69, 9.17) is 0 Å². The first-order valence-electron chi connectivity index (χ1n) is 9.07. The Balaban J connectivity index is 1.82. The molecule has 0 saturated heterocycles. The zero-order valence-corrected chi connectivity index (χ0v) is 17.9. The van der Waals surface area contributed by atoms with Crippen molar-refractivity contribution in [2.75, 3.05) is 18.8 Å². The molecule has 0 aliphatic heterocycles. The van der Waals surface area contributed by atoms with Crippen molar-refractivity contribution in [3.63, 3.8) is 0 Å². The Hall–Kier alpha value is -2.43. The van der Waals surface area contributed by atoms with Crippen molar-refractivity contribution in [1.82, 2.24) is 19.9 Å². The van der Waals surface area contributed by atoms with Crippen molar-refractivity contribution in [2.45, 2.75) is 30.3 Å². The van der Waals surface area contributed by atoms with Gasteiger partial charge in [-0.25, -0.2) is 18.2 Å². The Bertz CT molecular complexity index is 915. The third-order valence-electron chi connectivity index (χ3n) is 3.95. The van der Waals surface area contributed by atoms with Gasteiger partial charge >= 0.3 is 6.03 Å². The van der Waals surface area contributed by atoms with Crippen LogP contribution < -0.4 is 10.6 Å². The van der Waals surface area contributed by atoms with Gasteiger partial charge < -0.3 is 5.32 Å². The average Bonchev–Trinajstić information content (AvgIpc) is 2.72. The Morgan fingerprint density at radius 2 is 1.76 bits per heavy atom. The molecule has 29 heavy (non-hydrogen) atoms. The van der Waals surface area contributed by atoms with Crippen LogP contribution in [0.4, 0.5) is 4.79 Å². The summed E-state index contributed by atoms with van der Waals surface area (Å²) in [6.45, 7) is 4.61. The van der Waals surface area contributed by atoms with Crippen LogP contribution >= 0.6 is 11.8 Å². The fraction of sp³-hybridized carbons (Fsp3) is 0.316. The number of amides is 3. The summed E-state index contributed by atoms with van der Waals surface area (Å²) in [7, 11) is -3.57. The van der Waals surface area contributed by atoms with Gasteiger partial charge in [0.05, 0.1) is 10.8 Å². The topological polar surface area (TPSA) is 108 Å². The van der Waals surface area contributed by atoms with Gasteiger partial charge in [-0.2, -0.15) is 4.31 Å². The maximum atomic E-state index is 12.4. The minimum atomic E-state index is -3.57. The van der Waals surface area contributed by atoms with Crippen molar-refractivity contribution < 1.29 is 18.0 Å². The Morgan fingerprint density at radius 3 is 2.34 bits per heavy atom. The molecule has 0 saturated carbocycles. The highest BCUT2D eigenvalue weighted by molar-refractivity contribution is 7.99. The van der Waals surface area contributed by atoms with E-state index in [1.807, 2.05) is 30.3 Å². The summed E-state index contributed by atoms with van der Waals surface area (Å²) in [4.78, 5) is 27.9. The first-order chi connectivity index (χ1) is 13.9. The molecule has 0 radical (unpaired) electrons. The van der Waals surface area contributed by atoms with Gasteiger partial charge in [0.15, 0.2) is 0 Å². The third-order valence-corrected chi connectivity index (χ3v) is 6.93. The number of hydrogen-bond acceptors (Lipinski definition) is 6. The van der Waals surface area contributed by atoms with Crippen LogP contribution in [-0.4, -0.2) is 48.5 Å². The van der Waals surface area contributed by atoms with Crippen LogP contribution in [0.5, 0.6) is 0 Å². The van der Waals surface area contributed by atoms with Crippen molar-refractivity contribution in [3.05, 3.63) is 54.2 Å². The number of benzene rings is 1. The predicted octanol–water partition coefficient (Wildman–Crippen LogP) is 2.23. The number of imide groups is 1. The van der Waals surface area contributed by atoms with Crippen LogP contribution in [0.3, 0.4) is 0 Å². The van der Waals surface area contributed by atoms with Crippen LogP contribution in [0.2, 0.25) is 0 Å². The zero-order valence-electron chi connectivity index (χ0n) is 16.3. The molecular weight excluding hydrogens is 412 g/mol. The van der Waals surface area contributed by atoms with Crippen molar-refractivity contribution >= 4 is 33.7 Å². The monoisotopic (exact) mass is 436 g/mol. The second kappa shape index (κ2) is 10.9. The van der Waals surface area contributed by atoms with Crippen LogP contribution in [0, 0.1) is 0 Å². The van der Waals surface area contributed by atoms with Gasteiger partial charge in [0.1, 0.15) is 4.90 Å². The molecule has 10 heteroatoms. The normalized spacial score (nSPS) is 11.3. The zero-order chi connectivity index (χ0) is 21.3. The SMILES string of the molecule is CCN(CC)S(=O)(=O)c1ccc(SCC(=O)NC(=O)NCc2ccccc2)nc1. The van der Waals surface area contributed by atoms with Gasteiger partial charge in [0, 0.05) is 25.8 Å². The lowest BCUT2D eigenvalue weighted by molar-refractivity contribution is -0.117. The maximum Gasteiger partial charge on any atom is 0.321 e. The van der Waals surface area contributed by atoms with Gasteiger partial charge in [-0.15, -0.1) is 0 Å². The molecule has 0 fully saturated rings. The summed E-state index contributed by atoms with van der Waals surface area (Å²) < 4.78 is 26.2. The molecule has 1 aromatic heterocycles. The number of urea groups is 1. The molecule has 2 aromatic rings. The van der Waals surface area contributed by atoms with Gasteiger partial charge in [-0.3, -0.25) is 10.1 Å². The molecular formula is C19H24N4O4S2. The number of nitrogens with one attached hydrogen (secondary N) is 2. The van der Waals surface area contributed by atoms with Gasteiger partial charge in [0.25, 0.3) is 0 Å². The standard InChI is InChI=1S/C19H24N4O4S2/c1-3-23(4-2)29(26,27)16-10-11-18(20-13-16)28-14-17(24)22-19(25)21-12-15-8-6-5-7-9-15/h5-11,13H,3-4,12,14H2,1-2H3,(H2,21,22,24,25). The van der Waals surface area contributed by atoms with Gasteiger partial charge in [0.2, 0.25) is 15.9 Å². The number of carbonyl (C=O) groups excluding carboxylic acids is 2. The van der Waals surface area contributed by atoms with Crippen molar-refractivity contribution in [2.24, 2.45) is 0 Å². The number of aromatic nitrogens is 1. The lowest BCUT2D eigenvalue weighted by Crippen LogP contribution is -2.39. The van der Waals surface area contributed by atoms with E-state index >= 15 is 0 Å². The quantitative estimate of drug-likeness (QED) is 0.584. The van der Waals surface area contributed by atoms with Crippen molar-refractivity contribution in [3.8, 4) is 0 Å². The largest absolute Gasteiger partial charge is 0.334 e. The van der Waals surface area contributed by atoms with E-state index in [9.17, 15) is 18.0 Å². The number of rotatable bonds is 9. The van der Waals surface area contributed by atoms with Crippen molar-refractivity contribution in [1.29, 1.82) is 0 Å². The van der Waals surface area contributed by atoms with E-state index < -0.39 is 22.0 Å². The molecule has 2 rings (SSSR count). The van der Waals surface area contributed by atoms with E-state index in [-0.39, 0.29) is 10.6 Å². The molecule has 0 spiro atoms. The van der Waals surface area contributed by atoms with Gasteiger partial charge in [-0.1, -0.05) is 55.9 Å². The minimum Gasteiger partial charge on any atom is -0.334 e. The summed E-state index contributed by atoms with van der Waals surface area (Å²) in [6.07, 6.45) is 1.28. The number of hydrogen-bond donors (Lipinski definition) is 2. The molecule has 2 N–H and O–H groups in total. The second-order valence-corrected chi connectivity index (χ2v) is 8.86. The van der Waals surface area contributed by atoms with E-state index in [1.54, 1.807) is 19.9 Å². The minimum absolute atomic E-state index is 0.0199. The number of sulfonamides is 1. The van der Waals surface area contributed by atoms with Crippen LogP contribution in [-0.2, 0) is 21.4 Å². The second-order valence-electron chi connectivity index (χ2n) is 5.93. The van der Waals surface area contributed by atoms with Crippen LogP contribution in [0.25, 0.3) is 0 Å². The summed E-state index contributed by atoms with van der Waals surface area (Å²) >= 11 is 1.11. The van der Waals surface area contributed by atoms with E-state index in [1.165, 1.54) is 16.6 Å². The number of carbonyl (C=O) groups is 2. The lowest BCUT2D eigenvalue weighted by atomic mass is 10.2. The smallest absolute Gasteiger partial charge is 0.321 e. The molecule has 1 heterocycles. The molecule has 8 nitrogen and oxygen atoms in total. The highest BCUT2D eigenvalue weighted by Gasteiger charge is 2.21. The van der Waals surface area contributed by atoms with E-state index in [0.29, 0.717) is 24.7 Å². The molecule has 156 valence electrons. The fourth-order valence-electron chi connectivity index (χ4n) is 2.44. The first kappa shape index (κ1) is 22.9. The molecule has 1 aromatic carbocycles. The lowest BCUT2D eigenvalue weighted by Gasteiger charge is -2.18. The Labute approximate surface area is 175 Å². The van der Waals surface area contributed by atoms with Crippen LogP contribution in [0.15, 0.2) is 58.6 Å². The summed E-state index contributed by atoms with van der Waals surface area (Å²) in [5.74, 6) is -0.490. The van der Waals surface area contributed by atoms with Gasteiger partial charge in [-0.05, 0) is 17.7 Å². The summed E-state index contributed by atoms with van der Waals surface area (Å²) in [6, 6.07) is 11.8. The average molecular weight is 437 g/mol. The molecule has 0 unspecified atom stereocenters.